The van der Waals surface area contributed by atoms with Gasteiger partial charge in [0.15, 0.2) is 5.69 Å². The molecule has 3 amide bonds. The highest BCUT2D eigenvalue weighted by Crippen LogP contribution is 2.47. The Morgan fingerprint density at radius 3 is 2.52 bits per heavy atom. The number of benzene rings is 2. The summed E-state index contributed by atoms with van der Waals surface area (Å²) in [6.45, 7) is 0.440. The molecule has 2 saturated heterocycles. The number of aromatic nitrogens is 6. The Morgan fingerprint density at radius 1 is 1.03 bits per heavy atom. The molecule has 58 heavy (non-hydrogen) atoms. The molecule has 19 heteroatoms. The molecular formula is C39H40F5N9O5. The van der Waals surface area contributed by atoms with E-state index in [9.17, 15) is 32.3 Å². The molecule has 2 aromatic carbocycles. The Balaban J connectivity index is 0.911. The van der Waals surface area contributed by atoms with Crippen LogP contribution in [-0.2, 0) is 22.8 Å². The lowest BCUT2D eigenvalue weighted by molar-refractivity contribution is -0.141. The molecule has 306 valence electrons. The van der Waals surface area contributed by atoms with Crippen molar-refractivity contribution in [1.29, 1.82) is 0 Å². The van der Waals surface area contributed by atoms with Crippen molar-refractivity contribution < 1.29 is 41.1 Å². The molecule has 5 aromatic rings. The highest BCUT2D eigenvalue weighted by atomic mass is 19.4. The number of alkyl halides is 5. The van der Waals surface area contributed by atoms with Crippen LogP contribution in [0.15, 0.2) is 53.7 Å². The van der Waals surface area contributed by atoms with E-state index in [1.807, 2.05) is 15.8 Å². The normalized spacial score (nSPS) is 22.9. The summed E-state index contributed by atoms with van der Waals surface area (Å²) in [5.74, 6) is -5.87. The van der Waals surface area contributed by atoms with Gasteiger partial charge in [0.05, 0.1) is 54.6 Å². The van der Waals surface area contributed by atoms with Gasteiger partial charge in [-0.25, -0.2) is 18.6 Å². The van der Waals surface area contributed by atoms with E-state index in [0.29, 0.717) is 36.0 Å². The van der Waals surface area contributed by atoms with Crippen LogP contribution >= 0.6 is 0 Å². The van der Waals surface area contributed by atoms with Crippen molar-refractivity contribution in [2.75, 3.05) is 32.1 Å². The average Bonchev–Trinajstić information content (AvgIpc) is 3.72. The van der Waals surface area contributed by atoms with Gasteiger partial charge in [-0.1, -0.05) is 0 Å². The number of anilines is 1. The van der Waals surface area contributed by atoms with Gasteiger partial charge < -0.3 is 10.1 Å². The summed E-state index contributed by atoms with van der Waals surface area (Å²) < 4.78 is 81.9. The summed E-state index contributed by atoms with van der Waals surface area (Å²) in [4.78, 5) is 59.4. The predicted octanol–water partition coefficient (Wildman–Crippen LogP) is 5.59. The van der Waals surface area contributed by atoms with Gasteiger partial charge in [-0.2, -0.15) is 18.3 Å². The summed E-state index contributed by atoms with van der Waals surface area (Å²) in [7, 11) is 2.89. The lowest BCUT2D eigenvalue weighted by atomic mass is 9.82. The first-order valence-corrected chi connectivity index (χ1v) is 19.0. The SMILES string of the molecule is COc1ccc2c(c1[C@H]1CCN(CC3CCC(n4cc5cc(NC(=O)c6cncc(C(F)(F)F)n6)ccc5n4)CC3)CC1(F)F)n(C)c(=O)n2C1CCC(=O)NC1=O. The number of halogens is 5. The van der Waals surface area contributed by atoms with E-state index in [2.05, 4.69) is 20.6 Å². The second-order valence-electron chi connectivity index (χ2n) is 15.4. The van der Waals surface area contributed by atoms with Crippen LogP contribution in [0.5, 0.6) is 5.75 Å². The Bertz CT molecular complexity index is 2490. The number of carbonyl (C=O) groups excluding carboxylic acids is 3. The number of methoxy groups -OCH3 is 1. The third-order valence-electron chi connectivity index (χ3n) is 11.7. The molecule has 0 bridgehead atoms. The summed E-state index contributed by atoms with van der Waals surface area (Å²) >= 11 is 0. The second kappa shape index (κ2) is 14.9. The van der Waals surface area contributed by atoms with E-state index >= 15 is 8.78 Å². The molecule has 3 aromatic heterocycles. The van der Waals surface area contributed by atoms with Crippen LogP contribution in [0.3, 0.4) is 0 Å². The lowest BCUT2D eigenvalue weighted by Crippen LogP contribution is -2.49. The number of ether oxygens (including phenoxy) is 1. The van der Waals surface area contributed by atoms with Crippen molar-refractivity contribution in [3.05, 3.63) is 76.4 Å². The molecule has 2 atom stereocenters. The number of fused-ring (bicyclic) bond motifs is 2. The average molecular weight is 810 g/mol. The quantitative estimate of drug-likeness (QED) is 0.151. The molecule has 3 fully saturated rings. The number of likely N-dealkylation sites (tertiary alicyclic amines) is 1. The van der Waals surface area contributed by atoms with Crippen molar-refractivity contribution in [2.45, 2.75) is 75.0 Å². The van der Waals surface area contributed by atoms with Crippen molar-refractivity contribution >= 4 is 45.3 Å². The van der Waals surface area contributed by atoms with Crippen molar-refractivity contribution in [2.24, 2.45) is 13.0 Å². The van der Waals surface area contributed by atoms with Crippen LogP contribution in [0.25, 0.3) is 21.9 Å². The van der Waals surface area contributed by atoms with Crippen LogP contribution < -0.4 is 21.1 Å². The minimum atomic E-state index is -4.74. The maximum absolute atomic E-state index is 16.4. The monoisotopic (exact) mass is 809 g/mol. The third-order valence-corrected chi connectivity index (χ3v) is 11.7. The third kappa shape index (κ3) is 7.31. The topological polar surface area (TPSA) is 158 Å². The van der Waals surface area contributed by atoms with Gasteiger partial charge in [0.25, 0.3) is 11.8 Å². The largest absolute Gasteiger partial charge is 0.496 e. The van der Waals surface area contributed by atoms with Crippen LogP contribution in [0.1, 0.15) is 84.7 Å². The summed E-state index contributed by atoms with van der Waals surface area (Å²) in [5.41, 5.74) is -0.425. The lowest BCUT2D eigenvalue weighted by Gasteiger charge is -2.41. The van der Waals surface area contributed by atoms with Gasteiger partial charge in [0.2, 0.25) is 11.8 Å². The van der Waals surface area contributed by atoms with E-state index in [1.54, 1.807) is 30.3 Å². The van der Waals surface area contributed by atoms with Gasteiger partial charge in [0.1, 0.15) is 17.5 Å². The van der Waals surface area contributed by atoms with Crippen LogP contribution in [0.4, 0.5) is 27.6 Å². The highest BCUT2D eigenvalue weighted by Gasteiger charge is 2.48. The van der Waals surface area contributed by atoms with E-state index < -0.39 is 65.4 Å². The Morgan fingerprint density at radius 2 is 1.81 bits per heavy atom. The van der Waals surface area contributed by atoms with E-state index in [1.165, 1.54) is 23.3 Å². The summed E-state index contributed by atoms with van der Waals surface area (Å²) in [6, 6.07) is 7.26. The van der Waals surface area contributed by atoms with Crippen molar-refractivity contribution in [3.8, 4) is 5.75 Å². The molecule has 1 unspecified atom stereocenters. The Labute approximate surface area is 327 Å². The van der Waals surface area contributed by atoms with Crippen LogP contribution in [-0.4, -0.2) is 84.2 Å². The van der Waals surface area contributed by atoms with Gasteiger partial charge in [-0.3, -0.25) is 43.4 Å². The van der Waals surface area contributed by atoms with E-state index in [4.69, 9.17) is 9.84 Å². The molecule has 0 radical (unpaired) electrons. The predicted molar refractivity (Wildman–Crippen MR) is 200 cm³/mol. The molecule has 8 rings (SSSR count). The number of amides is 3. The van der Waals surface area contributed by atoms with Crippen LogP contribution in [0, 0.1) is 5.92 Å². The van der Waals surface area contributed by atoms with Gasteiger partial charge in [-0.15, -0.1) is 0 Å². The molecule has 2 aliphatic heterocycles. The molecule has 5 heterocycles. The number of carbonyl (C=O) groups is 3. The number of nitrogens with zero attached hydrogens (tertiary/aromatic N) is 7. The second-order valence-corrected chi connectivity index (χ2v) is 15.4. The fourth-order valence-electron chi connectivity index (χ4n) is 8.82. The van der Waals surface area contributed by atoms with Gasteiger partial charge in [-0.05, 0) is 81.3 Å². The zero-order chi connectivity index (χ0) is 41.1. The first-order valence-electron chi connectivity index (χ1n) is 19.0. The zero-order valence-electron chi connectivity index (χ0n) is 31.6. The molecular weight excluding hydrogens is 769 g/mol. The van der Waals surface area contributed by atoms with E-state index in [0.717, 1.165) is 37.3 Å². The molecule has 0 spiro atoms. The number of hydrogen-bond acceptors (Lipinski definition) is 9. The number of imide groups is 1. The van der Waals surface area contributed by atoms with E-state index in [-0.39, 0.29) is 48.1 Å². The van der Waals surface area contributed by atoms with Crippen molar-refractivity contribution in [3.63, 3.8) is 0 Å². The van der Waals surface area contributed by atoms with Crippen LogP contribution in [0.2, 0.25) is 0 Å². The number of rotatable bonds is 8. The zero-order valence-corrected chi connectivity index (χ0v) is 31.6. The smallest absolute Gasteiger partial charge is 0.434 e. The standard InChI is InChI=1S/C39H40F5N9O5/c1-50-34-28(53(37(50)57)29-10-12-32(54)48-36(29)56)9-11-30(58-2)33(34)25-13-14-51(20-38(25,40)41)18-21-3-6-24(7-4-21)52-19-22-15-23(5-8-26(22)49-52)46-35(55)27-16-45-17-31(47-27)39(42,43)44/h5,8-9,11,15-17,19,21,24-25,29H,3-4,6-7,10,12-14,18,20H2,1-2H3,(H,46,55)(H,48,54,56)/t21?,24?,25-,29?/m1/s1. The summed E-state index contributed by atoms with van der Waals surface area (Å²) in [5, 5.41) is 10.3. The first kappa shape index (κ1) is 39.1. The molecule has 2 N–H and O–H groups in total. The molecule has 3 aliphatic rings. The maximum atomic E-state index is 16.4. The highest BCUT2D eigenvalue weighted by molar-refractivity contribution is 6.03. The van der Waals surface area contributed by atoms with Gasteiger partial charge >= 0.3 is 11.9 Å². The molecule has 14 nitrogen and oxygen atoms in total. The Hall–Kier alpha value is -5.72. The number of nitrogens with one attached hydrogen (secondary N) is 2. The number of aryl methyl sites for hydroxylation is 1. The first-order chi connectivity index (χ1) is 27.6. The molecule has 1 saturated carbocycles. The minimum absolute atomic E-state index is 0.0556. The Kier molecular flexibility index (Phi) is 10.0. The van der Waals surface area contributed by atoms with Gasteiger partial charge in [0, 0.05) is 42.8 Å². The van der Waals surface area contributed by atoms with Crippen molar-refractivity contribution in [1.82, 2.24) is 39.1 Å². The fraction of sp³-hybridized carbons (Fsp3) is 0.462. The number of imidazole rings is 1. The minimum Gasteiger partial charge on any atom is -0.496 e. The number of hydrogen-bond donors (Lipinski definition) is 2. The number of piperidine rings is 2. The fourth-order valence-corrected chi connectivity index (χ4v) is 8.82. The molecule has 1 aliphatic carbocycles. The maximum Gasteiger partial charge on any atom is 0.434 e. The summed E-state index contributed by atoms with van der Waals surface area (Å²) in [6.07, 6.45) is 2.08.